The monoisotopic (exact) mass is 256 g/mol. The molecule has 1 aromatic heterocycles. The first-order valence-electron chi connectivity index (χ1n) is 6.54. The van der Waals surface area contributed by atoms with Crippen molar-refractivity contribution in [2.45, 2.75) is 13.3 Å². The van der Waals surface area contributed by atoms with E-state index < -0.39 is 0 Å². The Hall–Kier alpha value is -2.10. The van der Waals surface area contributed by atoms with E-state index in [1.807, 2.05) is 35.2 Å². The van der Waals surface area contributed by atoms with Gasteiger partial charge in [0.05, 0.1) is 0 Å². The van der Waals surface area contributed by atoms with Crippen LogP contribution in [0.15, 0.2) is 41.1 Å². The highest BCUT2D eigenvalue weighted by Gasteiger charge is 2.28. The zero-order valence-electron chi connectivity index (χ0n) is 10.9. The van der Waals surface area contributed by atoms with Crippen molar-refractivity contribution in [2.24, 2.45) is 5.92 Å². The van der Waals surface area contributed by atoms with Gasteiger partial charge in [-0.1, -0.05) is 37.3 Å². The molecule has 1 aliphatic heterocycles. The van der Waals surface area contributed by atoms with Gasteiger partial charge in [-0.2, -0.15) is 0 Å². The molecule has 1 fully saturated rings. The van der Waals surface area contributed by atoms with Crippen molar-refractivity contribution in [2.75, 3.05) is 13.1 Å². The summed E-state index contributed by atoms with van der Waals surface area (Å²) >= 11 is 0. The van der Waals surface area contributed by atoms with Gasteiger partial charge in [0.1, 0.15) is 0 Å². The second kappa shape index (κ2) is 4.88. The molecule has 0 aliphatic carbocycles. The fraction of sp³-hybridized carbons (Fsp3) is 0.333. The maximum absolute atomic E-state index is 12.5. The minimum atomic E-state index is -0.0306. The summed E-state index contributed by atoms with van der Waals surface area (Å²) in [5.74, 6) is 1.10. The Morgan fingerprint density at radius 1 is 1.37 bits per heavy atom. The zero-order valence-corrected chi connectivity index (χ0v) is 10.9. The van der Waals surface area contributed by atoms with Crippen LogP contribution in [0.1, 0.15) is 23.8 Å². The Balaban J connectivity index is 1.90. The fourth-order valence-corrected chi connectivity index (χ4v) is 2.46. The minimum Gasteiger partial charge on any atom is -0.443 e. The van der Waals surface area contributed by atoms with E-state index in [-0.39, 0.29) is 5.91 Å². The molecule has 98 valence electrons. The zero-order chi connectivity index (χ0) is 13.2. The second-order valence-corrected chi connectivity index (χ2v) is 5.04. The molecule has 0 bridgehead atoms. The molecule has 4 heteroatoms. The maximum atomic E-state index is 12.5. The fourth-order valence-electron chi connectivity index (χ4n) is 2.46. The molecule has 0 N–H and O–H groups in total. The Morgan fingerprint density at radius 3 is 2.84 bits per heavy atom. The van der Waals surface area contributed by atoms with Crippen molar-refractivity contribution >= 4 is 5.91 Å². The SMILES string of the molecule is CC1CCN(C(=O)c2ncoc2-c2ccccc2)C1. The average Bonchev–Trinajstić information content (AvgIpc) is 3.07. The van der Waals surface area contributed by atoms with Gasteiger partial charge in [-0.15, -0.1) is 0 Å². The van der Waals surface area contributed by atoms with E-state index in [1.54, 1.807) is 0 Å². The van der Waals surface area contributed by atoms with Crippen LogP contribution in [-0.4, -0.2) is 28.9 Å². The van der Waals surface area contributed by atoms with Gasteiger partial charge in [0.15, 0.2) is 17.8 Å². The molecular weight excluding hydrogens is 240 g/mol. The molecule has 1 aromatic carbocycles. The standard InChI is InChI=1S/C15H16N2O2/c1-11-7-8-17(9-11)15(18)13-14(19-10-16-13)12-5-3-2-4-6-12/h2-6,10-11H,7-9H2,1H3. The van der Waals surface area contributed by atoms with Gasteiger partial charge in [0.2, 0.25) is 0 Å². The van der Waals surface area contributed by atoms with Gasteiger partial charge < -0.3 is 9.32 Å². The van der Waals surface area contributed by atoms with E-state index in [4.69, 9.17) is 4.42 Å². The molecule has 1 amide bonds. The number of oxazole rings is 1. The number of hydrogen-bond donors (Lipinski definition) is 0. The predicted octanol–water partition coefficient (Wildman–Crippen LogP) is 2.82. The Bertz CT molecular complexity index is 577. The molecule has 2 heterocycles. The van der Waals surface area contributed by atoms with Gasteiger partial charge >= 0.3 is 0 Å². The smallest absolute Gasteiger partial charge is 0.276 e. The Kier molecular flexibility index (Phi) is 3.07. The van der Waals surface area contributed by atoms with Crippen LogP contribution in [0.4, 0.5) is 0 Å². The molecule has 1 saturated heterocycles. The van der Waals surface area contributed by atoms with E-state index in [0.29, 0.717) is 17.4 Å². The lowest BCUT2D eigenvalue weighted by atomic mass is 10.1. The van der Waals surface area contributed by atoms with E-state index in [2.05, 4.69) is 11.9 Å². The third-order valence-electron chi connectivity index (χ3n) is 3.52. The molecule has 3 rings (SSSR count). The molecule has 0 radical (unpaired) electrons. The molecule has 0 saturated carbocycles. The third-order valence-corrected chi connectivity index (χ3v) is 3.52. The first kappa shape index (κ1) is 12.0. The van der Waals surface area contributed by atoms with Crippen LogP contribution in [0.5, 0.6) is 0 Å². The van der Waals surface area contributed by atoms with Gasteiger partial charge in [0.25, 0.3) is 5.91 Å². The van der Waals surface area contributed by atoms with E-state index in [9.17, 15) is 4.79 Å². The number of likely N-dealkylation sites (tertiary alicyclic amines) is 1. The summed E-state index contributed by atoms with van der Waals surface area (Å²) in [5, 5.41) is 0. The van der Waals surface area contributed by atoms with Gasteiger partial charge in [-0.05, 0) is 12.3 Å². The lowest BCUT2D eigenvalue weighted by molar-refractivity contribution is 0.0783. The first-order valence-corrected chi connectivity index (χ1v) is 6.54. The summed E-state index contributed by atoms with van der Waals surface area (Å²) in [6.07, 6.45) is 2.40. The number of carbonyl (C=O) groups excluding carboxylic acids is 1. The summed E-state index contributed by atoms with van der Waals surface area (Å²) in [4.78, 5) is 18.4. The molecule has 1 aliphatic rings. The van der Waals surface area contributed by atoms with Gasteiger partial charge in [-0.25, -0.2) is 4.98 Å². The highest BCUT2D eigenvalue weighted by atomic mass is 16.3. The largest absolute Gasteiger partial charge is 0.443 e. The average molecular weight is 256 g/mol. The lowest BCUT2D eigenvalue weighted by Gasteiger charge is -2.14. The summed E-state index contributed by atoms with van der Waals surface area (Å²) in [6.45, 7) is 3.77. The molecule has 1 atom stereocenters. The summed E-state index contributed by atoms with van der Waals surface area (Å²) < 4.78 is 5.40. The van der Waals surface area contributed by atoms with E-state index in [0.717, 1.165) is 25.1 Å². The van der Waals surface area contributed by atoms with Crippen molar-refractivity contribution in [3.8, 4) is 11.3 Å². The van der Waals surface area contributed by atoms with Crippen LogP contribution in [0, 0.1) is 5.92 Å². The van der Waals surface area contributed by atoms with Crippen LogP contribution >= 0.6 is 0 Å². The summed E-state index contributed by atoms with van der Waals surface area (Å²) in [7, 11) is 0. The normalized spacial score (nSPS) is 18.8. The van der Waals surface area contributed by atoms with E-state index >= 15 is 0 Å². The number of hydrogen-bond acceptors (Lipinski definition) is 3. The van der Waals surface area contributed by atoms with Gasteiger partial charge in [0, 0.05) is 18.7 Å². The second-order valence-electron chi connectivity index (χ2n) is 5.04. The summed E-state index contributed by atoms with van der Waals surface area (Å²) in [5.41, 5.74) is 1.30. The quantitative estimate of drug-likeness (QED) is 0.830. The predicted molar refractivity (Wildman–Crippen MR) is 71.6 cm³/mol. The number of rotatable bonds is 2. The highest BCUT2D eigenvalue weighted by Crippen LogP contribution is 2.25. The van der Waals surface area contributed by atoms with Crippen LogP contribution in [-0.2, 0) is 0 Å². The van der Waals surface area contributed by atoms with Crippen molar-refractivity contribution in [3.05, 3.63) is 42.4 Å². The van der Waals surface area contributed by atoms with Crippen molar-refractivity contribution in [1.29, 1.82) is 0 Å². The molecule has 4 nitrogen and oxygen atoms in total. The van der Waals surface area contributed by atoms with Crippen molar-refractivity contribution in [1.82, 2.24) is 9.88 Å². The molecule has 19 heavy (non-hydrogen) atoms. The Morgan fingerprint density at radius 2 is 2.16 bits per heavy atom. The number of benzene rings is 1. The third kappa shape index (κ3) is 2.26. The van der Waals surface area contributed by atoms with Crippen LogP contribution in [0.25, 0.3) is 11.3 Å². The molecule has 2 aromatic rings. The Labute approximate surface area is 112 Å². The molecule has 0 spiro atoms. The van der Waals surface area contributed by atoms with Crippen LogP contribution in [0.3, 0.4) is 0 Å². The first-order chi connectivity index (χ1) is 9.25. The number of aromatic nitrogens is 1. The minimum absolute atomic E-state index is 0.0306. The maximum Gasteiger partial charge on any atom is 0.276 e. The molecular formula is C15H16N2O2. The number of carbonyl (C=O) groups is 1. The number of amides is 1. The van der Waals surface area contributed by atoms with Crippen LogP contribution < -0.4 is 0 Å². The van der Waals surface area contributed by atoms with Gasteiger partial charge in [-0.3, -0.25) is 4.79 Å². The topological polar surface area (TPSA) is 46.3 Å². The summed E-state index contributed by atoms with van der Waals surface area (Å²) in [6, 6.07) is 9.62. The molecule has 1 unspecified atom stereocenters. The van der Waals surface area contributed by atoms with E-state index in [1.165, 1.54) is 6.39 Å². The van der Waals surface area contributed by atoms with Crippen molar-refractivity contribution in [3.63, 3.8) is 0 Å². The number of nitrogens with zero attached hydrogens (tertiary/aromatic N) is 2. The highest BCUT2D eigenvalue weighted by molar-refractivity contribution is 5.97. The van der Waals surface area contributed by atoms with Crippen LogP contribution in [0.2, 0.25) is 0 Å². The lowest BCUT2D eigenvalue weighted by Crippen LogP contribution is -2.29. The van der Waals surface area contributed by atoms with Crippen molar-refractivity contribution < 1.29 is 9.21 Å².